The quantitative estimate of drug-likeness (QED) is 0.569. The molecule has 0 aliphatic heterocycles. The molecule has 1 aromatic heterocycles. The fraction of sp³-hybridized carbons (Fsp3) is 0.0476. The molecule has 7 heteroatoms. The number of anilines is 2. The Kier molecular flexibility index (Phi) is 6.18. The third-order valence-electron chi connectivity index (χ3n) is 3.74. The molecule has 0 bridgehead atoms. The number of methoxy groups -OCH3 is 1. The van der Waals surface area contributed by atoms with Crippen molar-refractivity contribution < 1.29 is 18.7 Å². The van der Waals surface area contributed by atoms with Crippen molar-refractivity contribution in [2.45, 2.75) is 0 Å². The topological polar surface area (TPSA) is 67.4 Å². The second kappa shape index (κ2) is 8.96. The van der Waals surface area contributed by atoms with Gasteiger partial charge < -0.3 is 10.1 Å². The number of hydrogen-bond acceptors (Lipinski definition) is 4. The van der Waals surface area contributed by atoms with Gasteiger partial charge in [-0.05, 0) is 42.0 Å². The number of carbonyl (C=O) groups is 2. The molecule has 2 aromatic carbocycles. The normalized spacial score (nSPS) is 10.6. The highest BCUT2D eigenvalue weighted by atomic mass is 32.1. The van der Waals surface area contributed by atoms with Crippen molar-refractivity contribution in [3.8, 4) is 10.4 Å². The van der Waals surface area contributed by atoms with Crippen LogP contribution < -0.4 is 10.6 Å². The predicted molar refractivity (Wildman–Crippen MR) is 110 cm³/mol. The van der Waals surface area contributed by atoms with Gasteiger partial charge in [0.1, 0.15) is 5.82 Å². The summed E-state index contributed by atoms with van der Waals surface area (Å²) in [4.78, 5) is 25.4. The molecule has 0 spiro atoms. The lowest BCUT2D eigenvalue weighted by molar-refractivity contribution is -0.111. The highest BCUT2D eigenvalue weighted by Gasteiger charge is 2.09. The van der Waals surface area contributed by atoms with Crippen LogP contribution in [0.5, 0.6) is 0 Å². The first-order valence-electron chi connectivity index (χ1n) is 8.34. The molecular formula is C21H17FN2O3S. The van der Waals surface area contributed by atoms with Crippen molar-refractivity contribution in [2.24, 2.45) is 0 Å². The molecule has 0 unspecified atom stereocenters. The minimum atomic E-state index is -0.797. The van der Waals surface area contributed by atoms with Crippen molar-refractivity contribution in [3.63, 3.8) is 0 Å². The first-order chi connectivity index (χ1) is 13.5. The SMILES string of the molecule is COC(=O)Nc1cc(NC(=O)C=Cc2ccc(-c3ccccc3)s2)ccc1F. The molecule has 142 valence electrons. The van der Waals surface area contributed by atoms with Crippen molar-refractivity contribution in [3.05, 3.63) is 77.4 Å². The Bertz CT molecular complexity index is 1020. The number of carbonyl (C=O) groups excluding carboxylic acids is 2. The maximum absolute atomic E-state index is 13.7. The number of benzene rings is 2. The number of thiophene rings is 1. The average molecular weight is 396 g/mol. The molecule has 0 saturated heterocycles. The lowest BCUT2D eigenvalue weighted by atomic mass is 10.2. The van der Waals surface area contributed by atoms with E-state index >= 15 is 0 Å². The Labute approximate surface area is 165 Å². The lowest BCUT2D eigenvalue weighted by Crippen LogP contribution is -2.13. The van der Waals surface area contributed by atoms with Gasteiger partial charge in [0, 0.05) is 21.5 Å². The van der Waals surface area contributed by atoms with Crippen LogP contribution in [0.25, 0.3) is 16.5 Å². The van der Waals surface area contributed by atoms with E-state index in [0.717, 1.165) is 21.4 Å². The van der Waals surface area contributed by atoms with Gasteiger partial charge in [-0.1, -0.05) is 30.3 Å². The van der Waals surface area contributed by atoms with Gasteiger partial charge in [0.25, 0.3) is 0 Å². The maximum Gasteiger partial charge on any atom is 0.411 e. The van der Waals surface area contributed by atoms with Crippen LogP contribution in [-0.4, -0.2) is 19.1 Å². The van der Waals surface area contributed by atoms with Crippen molar-refractivity contribution in [2.75, 3.05) is 17.7 Å². The zero-order valence-electron chi connectivity index (χ0n) is 14.9. The molecule has 2 amide bonds. The Hall–Kier alpha value is -3.45. The molecule has 28 heavy (non-hydrogen) atoms. The molecule has 0 aliphatic carbocycles. The molecule has 5 nitrogen and oxygen atoms in total. The Morgan fingerprint density at radius 3 is 2.57 bits per heavy atom. The molecule has 0 atom stereocenters. The third kappa shape index (κ3) is 5.05. The molecular weight excluding hydrogens is 379 g/mol. The van der Waals surface area contributed by atoms with Crippen molar-refractivity contribution >= 4 is 40.8 Å². The minimum Gasteiger partial charge on any atom is -0.453 e. The second-order valence-corrected chi connectivity index (χ2v) is 6.82. The molecule has 2 N–H and O–H groups in total. The molecule has 1 heterocycles. The van der Waals surface area contributed by atoms with E-state index in [1.54, 1.807) is 17.4 Å². The summed E-state index contributed by atoms with van der Waals surface area (Å²) >= 11 is 1.57. The zero-order chi connectivity index (χ0) is 19.9. The van der Waals surface area contributed by atoms with Crippen molar-refractivity contribution in [1.82, 2.24) is 0 Å². The summed E-state index contributed by atoms with van der Waals surface area (Å²) in [6, 6.07) is 17.8. The Morgan fingerprint density at radius 1 is 1.04 bits per heavy atom. The van der Waals surface area contributed by atoms with Crippen LogP contribution in [0.3, 0.4) is 0 Å². The van der Waals surface area contributed by atoms with E-state index in [4.69, 9.17) is 0 Å². The summed E-state index contributed by atoms with van der Waals surface area (Å²) < 4.78 is 18.2. The number of nitrogens with one attached hydrogen (secondary N) is 2. The number of halogens is 1. The zero-order valence-corrected chi connectivity index (χ0v) is 15.8. The highest BCUT2D eigenvalue weighted by molar-refractivity contribution is 7.16. The predicted octanol–water partition coefficient (Wildman–Crippen LogP) is 5.38. The second-order valence-electron chi connectivity index (χ2n) is 5.70. The van der Waals surface area contributed by atoms with E-state index in [-0.39, 0.29) is 11.6 Å². The van der Waals surface area contributed by atoms with Gasteiger partial charge in [-0.3, -0.25) is 10.1 Å². The summed E-state index contributed by atoms with van der Waals surface area (Å²) in [5, 5.41) is 4.88. The van der Waals surface area contributed by atoms with Gasteiger partial charge in [0.15, 0.2) is 0 Å². The highest BCUT2D eigenvalue weighted by Crippen LogP contribution is 2.28. The van der Waals surface area contributed by atoms with Crippen LogP contribution in [0, 0.1) is 5.82 Å². The Morgan fingerprint density at radius 2 is 1.82 bits per heavy atom. The molecule has 0 fully saturated rings. The first-order valence-corrected chi connectivity index (χ1v) is 9.15. The lowest BCUT2D eigenvalue weighted by Gasteiger charge is -2.08. The first kappa shape index (κ1) is 19.3. The summed E-state index contributed by atoms with van der Waals surface area (Å²) in [5.74, 6) is -1.00. The fourth-order valence-corrected chi connectivity index (χ4v) is 3.32. The van der Waals surface area contributed by atoms with Gasteiger partial charge in [-0.25, -0.2) is 9.18 Å². The van der Waals surface area contributed by atoms with Gasteiger partial charge in [-0.15, -0.1) is 11.3 Å². The molecule has 0 saturated carbocycles. The van der Waals surface area contributed by atoms with E-state index < -0.39 is 11.9 Å². The Balaban J connectivity index is 1.65. The van der Waals surface area contributed by atoms with Crippen LogP contribution >= 0.6 is 11.3 Å². The van der Waals surface area contributed by atoms with Crippen LogP contribution in [-0.2, 0) is 9.53 Å². The van der Waals surface area contributed by atoms with E-state index in [1.807, 2.05) is 42.5 Å². The van der Waals surface area contributed by atoms with Crippen LogP contribution in [0.15, 0.2) is 66.7 Å². The summed E-state index contributed by atoms with van der Waals surface area (Å²) in [6.45, 7) is 0. The fourth-order valence-electron chi connectivity index (χ4n) is 2.40. The molecule has 0 aliphatic rings. The van der Waals surface area contributed by atoms with Gasteiger partial charge in [-0.2, -0.15) is 0 Å². The van der Waals surface area contributed by atoms with Crippen LogP contribution in [0.1, 0.15) is 4.88 Å². The molecule has 0 radical (unpaired) electrons. The summed E-state index contributed by atoms with van der Waals surface area (Å²) in [6.07, 6.45) is 2.32. The number of hydrogen-bond donors (Lipinski definition) is 2. The molecule has 3 rings (SSSR count). The number of ether oxygens (including phenoxy) is 1. The van der Waals surface area contributed by atoms with Gasteiger partial charge >= 0.3 is 6.09 Å². The smallest absolute Gasteiger partial charge is 0.411 e. The van der Waals surface area contributed by atoms with E-state index in [2.05, 4.69) is 15.4 Å². The monoisotopic (exact) mass is 396 g/mol. The standard InChI is InChI=1S/C21H17FN2O3S/c1-27-21(26)24-18-13-15(7-10-17(18)22)23-20(25)12-9-16-8-11-19(28-16)14-5-3-2-4-6-14/h2-13H,1H3,(H,23,25)(H,24,26). The van der Waals surface area contributed by atoms with Gasteiger partial charge in [0.05, 0.1) is 12.8 Å². The number of rotatable bonds is 5. The number of amides is 2. The third-order valence-corrected chi connectivity index (χ3v) is 4.84. The maximum atomic E-state index is 13.7. The minimum absolute atomic E-state index is 0.0839. The van der Waals surface area contributed by atoms with Crippen LogP contribution in [0.4, 0.5) is 20.6 Å². The van der Waals surface area contributed by atoms with Gasteiger partial charge in [0.2, 0.25) is 5.91 Å². The van der Waals surface area contributed by atoms with E-state index in [9.17, 15) is 14.0 Å². The summed E-state index contributed by atoms with van der Waals surface area (Å²) in [7, 11) is 1.18. The average Bonchev–Trinajstić information content (AvgIpc) is 3.18. The van der Waals surface area contributed by atoms with Crippen LogP contribution in [0.2, 0.25) is 0 Å². The van der Waals surface area contributed by atoms with Crippen molar-refractivity contribution in [1.29, 1.82) is 0 Å². The largest absolute Gasteiger partial charge is 0.453 e. The van der Waals surface area contributed by atoms with E-state index in [0.29, 0.717) is 5.69 Å². The summed E-state index contributed by atoms with van der Waals surface area (Å²) in [5.41, 5.74) is 1.38. The molecule has 3 aromatic rings. The van der Waals surface area contributed by atoms with E-state index in [1.165, 1.54) is 25.3 Å².